The molecule has 0 aliphatic rings. The first-order valence-corrected chi connectivity index (χ1v) is 10.3. The summed E-state index contributed by atoms with van der Waals surface area (Å²) in [5, 5.41) is 4.05. The highest BCUT2D eigenvalue weighted by molar-refractivity contribution is 8.00. The highest BCUT2D eigenvalue weighted by atomic mass is 35.5. The Labute approximate surface area is 181 Å². The lowest BCUT2D eigenvalue weighted by molar-refractivity contribution is -0.113. The summed E-state index contributed by atoms with van der Waals surface area (Å²) in [6.45, 7) is 0. The second kappa shape index (κ2) is 9.94. The number of hydrogen-bond donors (Lipinski definition) is 1. The normalized spacial score (nSPS) is 11.0. The van der Waals surface area contributed by atoms with Crippen molar-refractivity contribution in [3.63, 3.8) is 0 Å². The molecule has 0 aliphatic heterocycles. The zero-order chi connectivity index (χ0) is 19.9. The lowest BCUT2D eigenvalue weighted by Gasteiger charge is -2.06. The van der Waals surface area contributed by atoms with Gasteiger partial charge in [-0.3, -0.25) is 9.79 Å². The Bertz CT molecular complexity index is 1010. The van der Waals surface area contributed by atoms with E-state index in [1.165, 1.54) is 11.8 Å². The zero-order valence-electron chi connectivity index (χ0n) is 14.4. The van der Waals surface area contributed by atoms with Gasteiger partial charge in [-0.1, -0.05) is 34.8 Å². The van der Waals surface area contributed by atoms with Gasteiger partial charge < -0.3 is 5.32 Å². The average molecular weight is 451 g/mol. The number of aliphatic imine (C=N–C) groups is 1. The second-order valence-corrected chi connectivity index (χ2v) is 7.82. The van der Waals surface area contributed by atoms with Crippen LogP contribution in [0.25, 0.3) is 0 Å². The molecule has 0 saturated carbocycles. The first-order chi connectivity index (χ1) is 13.5. The van der Waals surface area contributed by atoms with E-state index < -0.39 is 0 Å². The van der Waals surface area contributed by atoms with Crippen LogP contribution in [0.4, 0.5) is 11.4 Å². The Kier molecular flexibility index (Phi) is 7.34. The Morgan fingerprint density at radius 3 is 2.57 bits per heavy atom. The van der Waals surface area contributed by atoms with Gasteiger partial charge in [0.05, 0.1) is 21.5 Å². The van der Waals surface area contributed by atoms with Gasteiger partial charge in [0.25, 0.3) is 0 Å². The van der Waals surface area contributed by atoms with Crippen LogP contribution in [0, 0.1) is 0 Å². The van der Waals surface area contributed by atoms with Crippen LogP contribution in [0.5, 0.6) is 0 Å². The third-order valence-corrected chi connectivity index (χ3v) is 5.62. The molecule has 0 spiro atoms. The highest BCUT2D eigenvalue weighted by Gasteiger charge is 2.06. The minimum atomic E-state index is -0.128. The fourth-order valence-corrected chi connectivity index (χ4v) is 3.35. The van der Waals surface area contributed by atoms with Crippen molar-refractivity contribution in [2.45, 2.75) is 4.90 Å². The van der Waals surface area contributed by atoms with Gasteiger partial charge in [-0.05, 0) is 54.6 Å². The summed E-state index contributed by atoms with van der Waals surface area (Å²) < 4.78 is 0. The van der Waals surface area contributed by atoms with E-state index in [4.69, 9.17) is 34.8 Å². The van der Waals surface area contributed by atoms with E-state index >= 15 is 0 Å². The number of nitrogens with zero attached hydrogens (tertiary/aromatic N) is 2. The molecule has 1 aromatic heterocycles. The number of anilines is 1. The number of hydrogen-bond acceptors (Lipinski definition) is 4. The molecule has 3 aromatic rings. The number of pyridine rings is 1. The van der Waals surface area contributed by atoms with Crippen LogP contribution in [0.2, 0.25) is 15.2 Å². The van der Waals surface area contributed by atoms with Gasteiger partial charge >= 0.3 is 0 Å². The van der Waals surface area contributed by atoms with Crippen molar-refractivity contribution in [1.82, 2.24) is 4.98 Å². The molecule has 0 unspecified atom stereocenters. The summed E-state index contributed by atoms with van der Waals surface area (Å²) in [4.78, 5) is 21.4. The summed E-state index contributed by atoms with van der Waals surface area (Å²) in [5.74, 6) is 0.144. The number of amides is 1. The molecule has 28 heavy (non-hydrogen) atoms. The fraction of sp³-hybridized carbons (Fsp3) is 0.0500. The first kappa shape index (κ1) is 20.7. The average Bonchev–Trinajstić information content (AvgIpc) is 2.69. The van der Waals surface area contributed by atoms with Crippen molar-refractivity contribution in [3.05, 3.63) is 81.6 Å². The van der Waals surface area contributed by atoms with Crippen LogP contribution >= 0.6 is 46.6 Å². The van der Waals surface area contributed by atoms with E-state index in [9.17, 15) is 4.79 Å². The Morgan fingerprint density at radius 2 is 1.86 bits per heavy atom. The summed E-state index contributed by atoms with van der Waals surface area (Å²) in [7, 11) is 0. The third kappa shape index (κ3) is 5.97. The van der Waals surface area contributed by atoms with Crippen LogP contribution in [0.1, 0.15) is 5.56 Å². The number of nitrogens with one attached hydrogen (secondary N) is 1. The number of aromatic nitrogens is 1. The summed E-state index contributed by atoms with van der Waals surface area (Å²) in [6, 6.07) is 16.2. The lowest BCUT2D eigenvalue weighted by Crippen LogP contribution is -2.13. The highest BCUT2D eigenvalue weighted by Crippen LogP contribution is 2.26. The minimum absolute atomic E-state index is 0.128. The molecule has 8 heteroatoms. The van der Waals surface area contributed by atoms with Crippen molar-refractivity contribution in [2.24, 2.45) is 4.99 Å². The van der Waals surface area contributed by atoms with Gasteiger partial charge in [-0.25, -0.2) is 4.98 Å². The number of halogens is 3. The van der Waals surface area contributed by atoms with Gasteiger partial charge in [-0.15, -0.1) is 11.8 Å². The van der Waals surface area contributed by atoms with Crippen LogP contribution < -0.4 is 5.32 Å². The maximum atomic E-state index is 12.1. The minimum Gasteiger partial charge on any atom is -0.325 e. The van der Waals surface area contributed by atoms with Crippen molar-refractivity contribution in [2.75, 3.05) is 11.1 Å². The largest absolute Gasteiger partial charge is 0.325 e. The van der Waals surface area contributed by atoms with Gasteiger partial charge in [-0.2, -0.15) is 0 Å². The fourth-order valence-electron chi connectivity index (χ4n) is 2.19. The standard InChI is InChI=1S/C20H14Cl3N3OS/c21-17-8-5-15(10-18(17)22)26-19(27)12-28-16-6-3-14(4-7-16)25-11-13-2-1-9-24-20(13)23/h1-11H,12H2,(H,26,27). The molecule has 1 heterocycles. The SMILES string of the molecule is O=C(CSc1ccc(N=Cc2cccnc2Cl)cc1)Nc1ccc(Cl)c(Cl)c1. The molecule has 1 N–H and O–H groups in total. The molecular weight excluding hydrogens is 437 g/mol. The molecule has 1 amide bonds. The van der Waals surface area contributed by atoms with Crippen molar-refractivity contribution < 1.29 is 4.79 Å². The number of thioether (sulfide) groups is 1. The number of carbonyl (C=O) groups excluding carboxylic acids is 1. The summed E-state index contributed by atoms with van der Waals surface area (Å²) in [5.41, 5.74) is 2.14. The van der Waals surface area contributed by atoms with Gasteiger partial charge in [0, 0.05) is 28.6 Å². The van der Waals surface area contributed by atoms with E-state index in [0.29, 0.717) is 20.9 Å². The molecule has 0 fully saturated rings. The zero-order valence-corrected chi connectivity index (χ0v) is 17.5. The maximum absolute atomic E-state index is 12.1. The second-order valence-electron chi connectivity index (χ2n) is 5.60. The molecule has 0 radical (unpaired) electrons. The Morgan fingerprint density at radius 1 is 1.07 bits per heavy atom. The predicted octanol–water partition coefficient (Wildman–Crippen LogP) is 6.52. The van der Waals surface area contributed by atoms with E-state index in [1.54, 1.807) is 36.7 Å². The number of carbonyl (C=O) groups is 1. The molecule has 0 atom stereocenters. The summed E-state index contributed by atoms with van der Waals surface area (Å²) in [6.07, 6.45) is 3.30. The molecule has 0 saturated heterocycles. The molecule has 3 rings (SSSR count). The van der Waals surface area contributed by atoms with E-state index in [0.717, 1.165) is 16.1 Å². The first-order valence-electron chi connectivity index (χ1n) is 8.13. The topological polar surface area (TPSA) is 54.4 Å². The summed E-state index contributed by atoms with van der Waals surface area (Å²) >= 11 is 19.2. The van der Waals surface area contributed by atoms with Crippen molar-refractivity contribution in [1.29, 1.82) is 0 Å². The molecule has 0 bridgehead atoms. The molecule has 2 aromatic carbocycles. The van der Waals surface area contributed by atoms with Gasteiger partial charge in [0.2, 0.25) is 5.91 Å². The maximum Gasteiger partial charge on any atom is 0.234 e. The number of rotatable bonds is 6. The van der Waals surface area contributed by atoms with Crippen molar-refractivity contribution >= 4 is 70.1 Å². The van der Waals surface area contributed by atoms with Gasteiger partial charge in [0.15, 0.2) is 0 Å². The van der Waals surface area contributed by atoms with Crippen LogP contribution in [0.15, 0.2) is 70.7 Å². The van der Waals surface area contributed by atoms with Crippen LogP contribution in [0.3, 0.4) is 0 Å². The quantitative estimate of drug-likeness (QED) is 0.264. The predicted molar refractivity (Wildman–Crippen MR) is 119 cm³/mol. The Balaban J connectivity index is 1.53. The smallest absolute Gasteiger partial charge is 0.234 e. The molecule has 4 nitrogen and oxygen atoms in total. The molecule has 142 valence electrons. The Hall–Kier alpha value is -2.05. The van der Waals surface area contributed by atoms with Crippen LogP contribution in [-0.2, 0) is 4.79 Å². The van der Waals surface area contributed by atoms with Gasteiger partial charge in [0.1, 0.15) is 5.15 Å². The molecule has 0 aliphatic carbocycles. The third-order valence-electron chi connectivity index (χ3n) is 3.55. The van der Waals surface area contributed by atoms with E-state index in [1.807, 2.05) is 30.3 Å². The van der Waals surface area contributed by atoms with E-state index in [-0.39, 0.29) is 11.7 Å². The monoisotopic (exact) mass is 449 g/mol. The van der Waals surface area contributed by atoms with Crippen LogP contribution in [-0.4, -0.2) is 22.9 Å². The number of benzene rings is 2. The molecular formula is C20H14Cl3N3OS. The van der Waals surface area contributed by atoms with E-state index in [2.05, 4.69) is 15.3 Å². The lowest BCUT2D eigenvalue weighted by atomic mass is 10.3. The van der Waals surface area contributed by atoms with Crippen molar-refractivity contribution in [3.8, 4) is 0 Å².